The van der Waals surface area contributed by atoms with Gasteiger partial charge in [0.1, 0.15) is 0 Å². The summed E-state index contributed by atoms with van der Waals surface area (Å²) in [5.41, 5.74) is 1.13. The number of likely N-dealkylation sites (N-methyl/N-ethyl adjacent to an activating group) is 1. The molecule has 0 radical (unpaired) electrons. The summed E-state index contributed by atoms with van der Waals surface area (Å²) in [5, 5.41) is 3.88. The van der Waals surface area contributed by atoms with Crippen LogP contribution in [0.4, 0.5) is 0 Å². The molecule has 0 spiro atoms. The molecule has 3 heteroatoms. The van der Waals surface area contributed by atoms with Crippen molar-refractivity contribution in [2.24, 2.45) is 0 Å². The molecule has 0 saturated heterocycles. The zero-order valence-corrected chi connectivity index (χ0v) is 10.1. The molecule has 0 aliphatic carbocycles. The third kappa shape index (κ3) is 4.20. The Kier molecular flexibility index (Phi) is 5.69. The minimum atomic E-state index is 0.0913. The van der Waals surface area contributed by atoms with E-state index >= 15 is 0 Å². The van der Waals surface area contributed by atoms with E-state index < -0.39 is 0 Å². The summed E-state index contributed by atoms with van der Waals surface area (Å²) in [6, 6.07) is 7.83. The lowest BCUT2D eigenvalue weighted by molar-refractivity contribution is 0.0543. The molecule has 1 unspecified atom stereocenters. The van der Waals surface area contributed by atoms with E-state index in [0.29, 0.717) is 0 Å². The minimum Gasteiger partial charge on any atom is -0.372 e. The van der Waals surface area contributed by atoms with Gasteiger partial charge in [-0.3, -0.25) is 0 Å². The second kappa shape index (κ2) is 6.83. The first kappa shape index (κ1) is 12.5. The Labute approximate surface area is 96.6 Å². The first-order chi connectivity index (χ1) is 7.27. The Morgan fingerprint density at radius 2 is 2.27 bits per heavy atom. The maximum absolute atomic E-state index is 5.95. The highest BCUT2D eigenvalue weighted by Gasteiger charge is 2.10. The number of halogens is 1. The van der Waals surface area contributed by atoms with Crippen LogP contribution in [0.5, 0.6) is 0 Å². The molecule has 84 valence electrons. The van der Waals surface area contributed by atoms with E-state index in [1.54, 1.807) is 0 Å². The van der Waals surface area contributed by atoms with Crippen molar-refractivity contribution < 1.29 is 4.74 Å². The first-order valence-electron chi connectivity index (χ1n) is 5.29. The number of hydrogen-bond acceptors (Lipinski definition) is 2. The highest BCUT2D eigenvalue weighted by atomic mass is 35.5. The molecule has 0 saturated carbocycles. The van der Waals surface area contributed by atoms with Crippen LogP contribution >= 0.6 is 11.6 Å². The Morgan fingerprint density at radius 1 is 1.47 bits per heavy atom. The lowest BCUT2D eigenvalue weighted by Crippen LogP contribution is -2.20. The van der Waals surface area contributed by atoms with Crippen molar-refractivity contribution in [2.75, 3.05) is 20.2 Å². The molecule has 15 heavy (non-hydrogen) atoms. The molecule has 2 nitrogen and oxygen atoms in total. The van der Waals surface area contributed by atoms with Crippen LogP contribution in [-0.4, -0.2) is 20.2 Å². The standard InChI is InChI=1S/C12H18ClNO/c1-3-7-15-12(9-14-2)10-5-4-6-11(13)8-10/h4-6,8,12,14H,3,7,9H2,1-2H3. The maximum Gasteiger partial charge on any atom is 0.0949 e. The average Bonchev–Trinajstić information content (AvgIpc) is 2.24. The summed E-state index contributed by atoms with van der Waals surface area (Å²) < 4.78 is 5.75. The van der Waals surface area contributed by atoms with Gasteiger partial charge in [0.25, 0.3) is 0 Å². The SMILES string of the molecule is CCCOC(CNC)c1cccc(Cl)c1. The summed E-state index contributed by atoms with van der Waals surface area (Å²) in [6.07, 6.45) is 1.12. The topological polar surface area (TPSA) is 21.3 Å². The van der Waals surface area contributed by atoms with E-state index in [9.17, 15) is 0 Å². The number of hydrogen-bond donors (Lipinski definition) is 1. The van der Waals surface area contributed by atoms with Crippen LogP contribution < -0.4 is 5.32 Å². The van der Waals surface area contributed by atoms with Crippen molar-refractivity contribution in [3.8, 4) is 0 Å². The van der Waals surface area contributed by atoms with Gasteiger partial charge in [-0.25, -0.2) is 0 Å². The molecule has 0 fully saturated rings. The molecule has 1 aromatic carbocycles. The largest absolute Gasteiger partial charge is 0.372 e. The van der Waals surface area contributed by atoms with E-state index in [2.05, 4.69) is 12.2 Å². The van der Waals surface area contributed by atoms with Crippen LogP contribution in [0.2, 0.25) is 5.02 Å². The molecule has 0 aliphatic heterocycles. The molecule has 1 N–H and O–H groups in total. The van der Waals surface area contributed by atoms with E-state index in [4.69, 9.17) is 16.3 Å². The first-order valence-corrected chi connectivity index (χ1v) is 5.67. The van der Waals surface area contributed by atoms with Gasteiger partial charge in [0.05, 0.1) is 6.10 Å². The Morgan fingerprint density at radius 3 is 2.87 bits per heavy atom. The van der Waals surface area contributed by atoms with Crippen LogP contribution in [0.3, 0.4) is 0 Å². The van der Waals surface area contributed by atoms with Gasteiger partial charge in [-0.05, 0) is 31.2 Å². The second-order valence-electron chi connectivity index (χ2n) is 3.47. The fourth-order valence-electron chi connectivity index (χ4n) is 1.43. The summed E-state index contributed by atoms with van der Waals surface area (Å²) in [4.78, 5) is 0. The predicted molar refractivity (Wildman–Crippen MR) is 64.4 cm³/mol. The van der Waals surface area contributed by atoms with Gasteiger partial charge in [0.2, 0.25) is 0 Å². The fourth-order valence-corrected chi connectivity index (χ4v) is 1.62. The molecule has 0 bridgehead atoms. The number of benzene rings is 1. The van der Waals surface area contributed by atoms with Gasteiger partial charge < -0.3 is 10.1 Å². The normalized spacial score (nSPS) is 12.7. The van der Waals surface area contributed by atoms with Gasteiger partial charge in [-0.15, -0.1) is 0 Å². The number of ether oxygens (including phenoxy) is 1. The predicted octanol–water partition coefficient (Wildman–Crippen LogP) is 3.03. The van der Waals surface area contributed by atoms with Crippen LogP contribution in [0.1, 0.15) is 25.0 Å². The van der Waals surface area contributed by atoms with Crippen LogP contribution in [0.25, 0.3) is 0 Å². The number of nitrogens with one attached hydrogen (secondary N) is 1. The fraction of sp³-hybridized carbons (Fsp3) is 0.500. The maximum atomic E-state index is 5.95. The smallest absolute Gasteiger partial charge is 0.0949 e. The second-order valence-corrected chi connectivity index (χ2v) is 3.91. The van der Waals surface area contributed by atoms with E-state index in [1.165, 1.54) is 0 Å². The summed E-state index contributed by atoms with van der Waals surface area (Å²) in [5.74, 6) is 0. The van der Waals surface area contributed by atoms with Crippen LogP contribution in [0, 0.1) is 0 Å². The third-order valence-electron chi connectivity index (χ3n) is 2.13. The van der Waals surface area contributed by atoms with E-state index in [0.717, 1.165) is 30.2 Å². The highest BCUT2D eigenvalue weighted by molar-refractivity contribution is 6.30. The Bertz CT molecular complexity index is 291. The molecule has 0 amide bonds. The lowest BCUT2D eigenvalue weighted by atomic mass is 10.1. The van der Waals surface area contributed by atoms with Gasteiger partial charge in [-0.1, -0.05) is 30.7 Å². The molecular formula is C12H18ClNO. The van der Waals surface area contributed by atoms with Crippen molar-refractivity contribution in [2.45, 2.75) is 19.4 Å². The highest BCUT2D eigenvalue weighted by Crippen LogP contribution is 2.20. The molecule has 1 aromatic rings. The Hall–Kier alpha value is -0.570. The monoisotopic (exact) mass is 227 g/mol. The molecular weight excluding hydrogens is 210 g/mol. The van der Waals surface area contributed by atoms with Gasteiger partial charge >= 0.3 is 0 Å². The van der Waals surface area contributed by atoms with Gasteiger partial charge in [0, 0.05) is 18.2 Å². The molecule has 0 heterocycles. The van der Waals surface area contributed by atoms with E-state index in [1.807, 2.05) is 31.3 Å². The summed E-state index contributed by atoms with van der Waals surface area (Å²) in [6.45, 7) is 3.69. The third-order valence-corrected chi connectivity index (χ3v) is 2.37. The van der Waals surface area contributed by atoms with Gasteiger partial charge in [-0.2, -0.15) is 0 Å². The van der Waals surface area contributed by atoms with Gasteiger partial charge in [0.15, 0.2) is 0 Å². The minimum absolute atomic E-state index is 0.0913. The lowest BCUT2D eigenvalue weighted by Gasteiger charge is -2.17. The zero-order valence-electron chi connectivity index (χ0n) is 9.29. The van der Waals surface area contributed by atoms with E-state index in [-0.39, 0.29) is 6.10 Å². The Balaban J connectivity index is 2.69. The summed E-state index contributed by atoms with van der Waals surface area (Å²) in [7, 11) is 1.92. The molecule has 0 aromatic heterocycles. The van der Waals surface area contributed by atoms with Crippen molar-refractivity contribution in [3.63, 3.8) is 0 Å². The quantitative estimate of drug-likeness (QED) is 0.807. The molecule has 1 atom stereocenters. The zero-order chi connectivity index (χ0) is 11.1. The van der Waals surface area contributed by atoms with Crippen molar-refractivity contribution in [1.29, 1.82) is 0 Å². The molecule has 0 aliphatic rings. The van der Waals surface area contributed by atoms with Crippen LogP contribution in [-0.2, 0) is 4.74 Å². The summed E-state index contributed by atoms with van der Waals surface area (Å²) >= 11 is 5.95. The molecule has 1 rings (SSSR count). The van der Waals surface area contributed by atoms with Crippen LogP contribution in [0.15, 0.2) is 24.3 Å². The van der Waals surface area contributed by atoms with Crippen molar-refractivity contribution in [1.82, 2.24) is 5.32 Å². The average molecular weight is 228 g/mol. The van der Waals surface area contributed by atoms with Crippen molar-refractivity contribution in [3.05, 3.63) is 34.9 Å². The van der Waals surface area contributed by atoms with Crippen molar-refractivity contribution >= 4 is 11.6 Å². The number of rotatable bonds is 6.